The lowest BCUT2D eigenvalue weighted by Gasteiger charge is -2.26. The summed E-state index contributed by atoms with van der Waals surface area (Å²) >= 11 is 0. The lowest BCUT2D eigenvalue weighted by atomic mass is 9.87. The molecule has 1 aliphatic carbocycles. The van der Waals surface area contributed by atoms with Crippen molar-refractivity contribution in [2.75, 3.05) is 12.9 Å². The summed E-state index contributed by atoms with van der Waals surface area (Å²) in [6, 6.07) is 14.7. The molecular formula is C20H18N2O4S. The molecule has 2 aromatic carbocycles. The van der Waals surface area contributed by atoms with Crippen LogP contribution in [-0.4, -0.2) is 31.4 Å². The van der Waals surface area contributed by atoms with E-state index in [0.29, 0.717) is 18.3 Å². The van der Waals surface area contributed by atoms with Gasteiger partial charge in [0.15, 0.2) is 9.84 Å². The van der Waals surface area contributed by atoms with E-state index in [1.807, 2.05) is 18.2 Å². The molecule has 1 fully saturated rings. The first-order valence-electron chi connectivity index (χ1n) is 8.84. The van der Waals surface area contributed by atoms with Gasteiger partial charge >= 0.3 is 0 Å². The van der Waals surface area contributed by atoms with Crippen LogP contribution in [-0.2, 0) is 15.3 Å². The van der Waals surface area contributed by atoms with Crippen LogP contribution in [0.15, 0.2) is 57.9 Å². The maximum atomic E-state index is 11.6. The van der Waals surface area contributed by atoms with Crippen LogP contribution in [0.3, 0.4) is 0 Å². The van der Waals surface area contributed by atoms with Gasteiger partial charge in [-0.3, -0.25) is 0 Å². The van der Waals surface area contributed by atoms with Crippen LogP contribution in [0.4, 0.5) is 0 Å². The number of ether oxygens (including phenoxy) is 1. The van der Waals surface area contributed by atoms with Gasteiger partial charge in [-0.2, -0.15) is 4.98 Å². The average Bonchev–Trinajstić information content (AvgIpc) is 3.16. The van der Waals surface area contributed by atoms with E-state index in [2.05, 4.69) is 16.2 Å². The topological polar surface area (TPSA) is 82.3 Å². The second-order valence-electron chi connectivity index (χ2n) is 7.26. The van der Waals surface area contributed by atoms with Crippen molar-refractivity contribution in [3.63, 3.8) is 0 Å². The number of hydrogen-bond acceptors (Lipinski definition) is 6. The van der Waals surface area contributed by atoms with E-state index < -0.39 is 9.84 Å². The number of hydrogen-bond donors (Lipinski definition) is 0. The highest BCUT2D eigenvalue weighted by atomic mass is 32.2. The van der Waals surface area contributed by atoms with Crippen LogP contribution in [0.25, 0.3) is 11.4 Å². The average molecular weight is 382 g/mol. The molecule has 0 N–H and O–H groups in total. The van der Waals surface area contributed by atoms with Crippen LogP contribution in [0, 0.1) is 0 Å². The van der Waals surface area contributed by atoms with Crippen molar-refractivity contribution in [1.82, 2.24) is 10.1 Å². The first-order chi connectivity index (χ1) is 13.0. The van der Waals surface area contributed by atoms with Crippen molar-refractivity contribution in [2.45, 2.75) is 29.1 Å². The minimum atomic E-state index is -3.22. The van der Waals surface area contributed by atoms with Gasteiger partial charge in [0.05, 0.1) is 11.5 Å². The molecule has 0 saturated heterocycles. The Bertz CT molecular complexity index is 1120. The molecule has 1 saturated carbocycles. The Balaban J connectivity index is 1.43. The van der Waals surface area contributed by atoms with Gasteiger partial charge < -0.3 is 9.26 Å². The molecule has 3 aromatic rings. The molecule has 1 spiro atoms. The van der Waals surface area contributed by atoms with Gasteiger partial charge in [0.2, 0.25) is 11.7 Å². The highest BCUT2D eigenvalue weighted by molar-refractivity contribution is 7.90. The summed E-state index contributed by atoms with van der Waals surface area (Å²) in [7, 11) is -3.22. The monoisotopic (exact) mass is 382 g/mol. The Morgan fingerprint density at radius 2 is 1.89 bits per heavy atom. The molecule has 0 radical (unpaired) electrons. The van der Waals surface area contributed by atoms with Crippen molar-refractivity contribution < 1.29 is 17.7 Å². The van der Waals surface area contributed by atoms with Crippen LogP contribution < -0.4 is 4.74 Å². The van der Waals surface area contributed by atoms with Crippen molar-refractivity contribution in [2.24, 2.45) is 0 Å². The molecule has 1 aliphatic heterocycles. The normalized spacial score (nSPS) is 23.7. The predicted octanol–water partition coefficient (Wildman–Crippen LogP) is 3.35. The highest BCUT2D eigenvalue weighted by Crippen LogP contribution is 2.65. The number of rotatable bonds is 3. The molecule has 138 valence electrons. The lowest BCUT2D eigenvalue weighted by molar-refractivity contribution is 0.254. The molecule has 6 nitrogen and oxygen atoms in total. The molecule has 5 rings (SSSR count). The zero-order valence-corrected chi connectivity index (χ0v) is 15.6. The van der Waals surface area contributed by atoms with E-state index in [4.69, 9.17) is 9.26 Å². The Morgan fingerprint density at radius 1 is 1.11 bits per heavy atom. The molecule has 2 unspecified atom stereocenters. The van der Waals surface area contributed by atoms with Gasteiger partial charge in [0.25, 0.3) is 0 Å². The first kappa shape index (κ1) is 16.5. The van der Waals surface area contributed by atoms with Crippen molar-refractivity contribution in [1.29, 1.82) is 0 Å². The van der Waals surface area contributed by atoms with E-state index in [9.17, 15) is 8.42 Å². The van der Waals surface area contributed by atoms with Gasteiger partial charge in [-0.25, -0.2) is 8.42 Å². The van der Waals surface area contributed by atoms with Gasteiger partial charge in [0, 0.05) is 28.7 Å². The van der Waals surface area contributed by atoms with Crippen LogP contribution in [0.2, 0.25) is 0 Å². The molecule has 2 heterocycles. The smallest absolute Gasteiger partial charge is 0.231 e. The fourth-order valence-electron chi connectivity index (χ4n) is 4.03. The van der Waals surface area contributed by atoms with Crippen molar-refractivity contribution in [3.05, 3.63) is 60.0 Å². The van der Waals surface area contributed by atoms with E-state index >= 15 is 0 Å². The second-order valence-corrected chi connectivity index (χ2v) is 9.28. The summed E-state index contributed by atoms with van der Waals surface area (Å²) in [5.74, 6) is 2.25. The Hall–Kier alpha value is -2.67. The van der Waals surface area contributed by atoms with Crippen LogP contribution >= 0.6 is 0 Å². The van der Waals surface area contributed by atoms with Crippen molar-refractivity contribution >= 4 is 9.84 Å². The summed E-state index contributed by atoms with van der Waals surface area (Å²) in [6.07, 6.45) is 3.10. The number of sulfone groups is 1. The minimum absolute atomic E-state index is 0.0266. The highest BCUT2D eigenvalue weighted by Gasteiger charge is 2.60. The standard InChI is InChI=1S/C20H18N2O4S/c1-27(23,24)14-8-6-13(7-9-14)18-21-19(26-22-18)16-12-20(16)10-11-25-17-5-3-2-4-15(17)20/h2-9,16H,10-12H2,1H3. The minimum Gasteiger partial charge on any atom is -0.493 e. The van der Waals surface area contributed by atoms with Gasteiger partial charge in [-0.15, -0.1) is 0 Å². The summed E-state index contributed by atoms with van der Waals surface area (Å²) in [5.41, 5.74) is 1.98. The Labute approximate surface area is 157 Å². The Kier molecular flexibility index (Phi) is 3.46. The third-order valence-corrected chi connectivity index (χ3v) is 6.71. The molecule has 0 amide bonds. The molecule has 7 heteroatoms. The van der Waals surface area contributed by atoms with E-state index in [0.717, 1.165) is 24.2 Å². The third kappa shape index (κ3) is 2.65. The molecule has 2 aliphatic rings. The fraction of sp³-hybridized carbons (Fsp3) is 0.300. The maximum absolute atomic E-state index is 11.6. The Morgan fingerprint density at radius 3 is 2.67 bits per heavy atom. The number of para-hydroxylation sites is 1. The van der Waals surface area contributed by atoms with Gasteiger partial charge in [-0.05, 0) is 43.2 Å². The van der Waals surface area contributed by atoms with Gasteiger partial charge in [-0.1, -0.05) is 23.4 Å². The molecule has 2 atom stereocenters. The zero-order chi connectivity index (χ0) is 18.6. The third-order valence-electron chi connectivity index (χ3n) is 5.58. The number of nitrogens with zero attached hydrogens (tertiary/aromatic N) is 2. The second kappa shape index (κ2) is 5.66. The number of aromatic nitrogens is 2. The van der Waals surface area contributed by atoms with Crippen LogP contribution in [0.5, 0.6) is 5.75 Å². The zero-order valence-electron chi connectivity index (χ0n) is 14.8. The SMILES string of the molecule is CS(=O)(=O)c1ccc(-c2noc(C3CC34CCOc3ccccc34)n2)cc1. The maximum Gasteiger partial charge on any atom is 0.231 e. The molecule has 1 aromatic heterocycles. The summed E-state index contributed by atoms with van der Waals surface area (Å²) < 4.78 is 34.5. The summed E-state index contributed by atoms with van der Waals surface area (Å²) in [6.45, 7) is 0.696. The first-order valence-corrected chi connectivity index (χ1v) is 10.7. The number of fused-ring (bicyclic) bond motifs is 2. The van der Waals surface area contributed by atoms with Gasteiger partial charge in [0.1, 0.15) is 5.75 Å². The number of benzene rings is 2. The quantitative estimate of drug-likeness (QED) is 0.691. The molecule has 0 bridgehead atoms. The van der Waals surface area contributed by atoms with E-state index in [-0.39, 0.29) is 16.2 Å². The van der Waals surface area contributed by atoms with E-state index in [1.54, 1.807) is 24.3 Å². The van der Waals surface area contributed by atoms with Crippen LogP contribution in [0.1, 0.15) is 30.2 Å². The fourth-order valence-corrected chi connectivity index (χ4v) is 4.66. The lowest BCUT2D eigenvalue weighted by Crippen LogP contribution is -2.21. The summed E-state index contributed by atoms with van der Waals surface area (Å²) in [5, 5.41) is 4.11. The molecule has 27 heavy (non-hydrogen) atoms. The molecular weight excluding hydrogens is 364 g/mol. The summed E-state index contributed by atoms with van der Waals surface area (Å²) in [4.78, 5) is 4.86. The van der Waals surface area contributed by atoms with Crippen molar-refractivity contribution in [3.8, 4) is 17.1 Å². The van der Waals surface area contributed by atoms with E-state index in [1.165, 1.54) is 11.8 Å². The largest absolute Gasteiger partial charge is 0.493 e. The predicted molar refractivity (Wildman–Crippen MR) is 98.4 cm³/mol.